The number of anilines is 3. The Morgan fingerprint density at radius 3 is 2.50 bits per heavy atom. The van der Waals surface area contributed by atoms with E-state index in [4.69, 9.17) is 4.74 Å². The second kappa shape index (κ2) is 8.77. The minimum absolute atomic E-state index is 0.201. The molecular formula is C21H20N4O3. The molecule has 7 heteroatoms. The number of benzene rings is 2. The molecule has 0 bridgehead atoms. The van der Waals surface area contributed by atoms with Crippen LogP contribution in [0, 0.1) is 0 Å². The van der Waals surface area contributed by atoms with Gasteiger partial charge in [0.15, 0.2) is 0 Å². The lowest BCUT2D eigenvalue weighted by Gasteiger charge is -2.11. The molecule has 2 N–H and O–H groups in total. The van der Waals surface area contributed by atoms with E-state index in [0.717, 1.165) is 6.42 Å². The van der Waals surface area contributed by atoms with Crippen LogP contribution in [-0.4, -0.2) is 29.0 Å². The van der Waals surface area contributed by atoms with Gasteiger partial charge in [-0.3, -0.25) is 4.79 Å². The van der Waals surface area contributed by atoms with Crippen molar-refractivity contribution in [3.05, 3.63) is 77.7 Å². The molecule has 1 heterocycles. The molecule has 0 fully saturated rings. The van der Waals surface area contributed by atoms with Crippen molar-refractivity contribution < 1.29 is 14.3 Å². The van der Waals surface area contributed by atoms with Crippen molar-refractivity contribution in [3.8, 4) is 0 Å². The fourth-order valence-corrected chi connectivity index (χ4v) is 2.59. The van der Waals surface area contributed by atoms with E-state index in [0.29, 0.717) is 22.8 Å². The van der Waals surface area contributed by atoms with E-state index in [2.05, 4.69) is 27.5 Å². The summed E-state index contributed by atoms with van der Waals surface area (Å²) in [5.41, 5.74) is 2.97. The molecule has 0 saturated heterocycles. The number of hydrogen-bond donors (Lipinski definition) is 2. The largest absolute Gasteiger partial charge is 0.465 e. The van der Waals surface area contributed by atoms with Crippen molar-refractivity contribution in [2.75, 3.05) is 17.7 Å². The summed E-state index contributed by atoms with van der Waals surface area (Å²) in [6, 6.07) is 16.0. The quantitative estimate of drug-likeness (QED) is 0.635. The van der Waals surface area contributed by atoms with Gasteiger partial charge in [0, 0.05) is 11.8 Å². The van der Waals surface area contributed by atoms with E-state index in [1.165, 1.54) is 25.1 Å². The van der Waals surface area contributed by atoms with Crippen molar-refractivity contribution in [1.82, 2.24) is 9.97 Å². The number of nitrogens with one attached hydrogen (secondary N) is 2. The van der Waals surface area contributed by atoms with Crippen molar-refractivity contribution in [3.63, 3.8) is 0 Å². The number of esters is 1. The summed E-state index contributed by atoms with van der Waals surface area (Å²) in [6.07, 6.45) is 2.22. The highest BCUT2D eigenvalue weighted by molar-refractivity contribution is 6.03. The lowest BCUT2D eigenvalue weighted by atomic mass is 10.1. The maximum Gasteiger partial charge on any atom is 0.339 e. The fraction of sp³-hybridized carbons (Fsp3) is 0.143. The highest BCUT2D eigenvalue weighted by atomic mass is 16.5. The summed E-state index contributed by atoms with van der Waals surface area (Å²) in [4.78, 5) is 32.5. The fourth-order valence-electron chi connectivity index (χ4n) is 2.59. The van der Waals surface area contributed by atoms with Crippen LogP contribution >= 0.6 is 0 Å². The van der Waals surface area contributed by atoms with Gasteiger partial charge >= 0.3 is 5.97 Å². The third-order valence-corrected chi connectivity index (χ3v) is 4.11. The Kier molecular flexibility index (Phi) is 5.96. The summed E-state index contributed by atoms with van der Waals surface area (Å²) < 4.78 is 4.78. The third kappa shape index (κ3) is 4.50. The highest BCUT2D eigenvalue weighted by Crippen LogP contribution is 2.21. The Hall–Kier alpha value is -3.74. The Labute approximate surface area is 162 Å². The first kappa shape index (κ1) is 19.0. The molecule has 28 heavy (non-hydrogen) atoms. The number of carbonyl (C=O) groups is 2. The van der Waals surface area contributed by atoms with E-state index in [1.54, 1.807) is 24.3 Å². The molecule has 142 valence electrons. The molecule has 7 nitrogen and oxygen atoms in total. The van der Waals surface area contributed by atoms with Crippen molar-refractivity contribution in [2.24, 2.45) is 0 Å². The van der Waals surface area contributed by atoms with Crippen LogP contribution in [-0.2, 0) is 11.2 Å². The number of methoxy groups -OCH3 is 1. The topological polar surface area (TPSA) is 93.2 Å². The third-order valence-electron chi connectivity index (χ3n) is 4.11. The molecule has 3 rings (SSSR count). The minimum atomic E-state index is -0.467. The van der Waals surface area contributed by atoms with Crippen LogP contribution in [0.5, 0.6) is 0 Å². The number of carbonyl (C=O) groups excluding carboxylic acids is 2. The maximum atomic E-state index is 12.5. The monoisotopic (exact) mass is 376 g/mol. The van der Waals surface area contributed by atoms with Crippen LogP contribution < -0.4 is 10.6 Å². The smallest absolute Gasteiger partial charge is 0.339 e. The van der Waals surface area contributed by atoms with E-state index >= 15 is 0 Å². The summed E-state index contributed by atoms with van der Waals surface area (Å²) in [7, 11) is 1.32. The molecule has 1 amide bonds. The molecular weight excluding hydrogens is 356 g/mol. The second-order valence-electron chi connectivity index (χ2n) is 5.96. The number of amides is 1. The number of rotatable bonds is 6. The molecule has 0 radical (unpaired) electrons. The van der Waals surface area contributed by atoms with E-state index in [-0.39, 0.29) is 11.6 Å². The lowest BCUT2D eigenvalue weighted by molar-refractivity contribution is 0.0601. The Morgan fingerprint density at radius 1 is 1.04 bits per heavy atom. The number of hydrogen-bond acceptors (Lipinski definition) is 6. The summed E-state index contributed by atoms with van der Waals surface area (Å²) in [5.74, 6) is -0.431. The molecule has 0 atom stereocenters. The van der Waals surface area contributed by atoms with E-state index in [9.17, 15) is 9.59 Å². The standard InChI is InChI=1S/C21H20N4O3/c1-3-14-8-10-15(11-9-14)24-20(26)18-12-19(23-13-22-18)25-17-7-5-4-6-16(17)21(27)28-2/h4-13H,3H2,1-2H3,(H,24,26)(H,22,23,25). The molecule has 0 saturated carbocycles. The van der Waals surface area contributed by atoms with Gasteiger partial charge in [-0.25, -0.2) is 14.8 Å². The van der Waals surface area contributed by atoms with Gasteiger partial charge in [-0.05, 0) is 36.2 Å². The average molecular weight is 376 g/mol. The van der Waals surface area contributed by atoms with Gasteiger partial charge in [0.2, 0.25) is 0 Å². The van der Waals surface area contributed by atoms with Gasteiger partial charge in [-0.15, -0.1) is 0 Å². The van der Waals surface area contributed by atoms with E-state index < -0.39 is 5.97 Å². The van der Waals surface area contributed by atoms with Crippen molar-refractivity contribution in [1.29, 1.82) is 0 Å². The van der Waals surface area contributed by atoms with Crippen LogP contribution in [0.1, 0.15) is 33.3 Å². The first-order valence-corrected chi connectivity index (χ1v) is 8.77. The van der Waals surface area contributed by atoms with Crippen LogP contribution in [0.25, 0.3) is 0 Å². The van der Waals surface area contributed by atoms with Gasteiger partial charge in [-0.2, -0.15) is 0 Å². The zero-order valence-electron chi connectivity index (χ0n) is 15.6. The van der Waals surface area contributed by atoms with Crippen LogP contribution in [0.2, 0.25) is 0 Å². The number of para-hydroxylation sites is 1. The Morgan fingerprint density at radius 2 is 1.79 bits per heavy atom. The molecule has 0 unspecified atom stereocenters. The Balaban J connectivity index is 1.77. The minimum Gasteiger partial charge on any atom is -0.465 e. The highest BCUT2D eigenvalue weighted by Gasteiger charge is 2.13. The normalized spacial score (nSPS) is 10.2. The molecule has 2 aromatic carbocycles. The van der Waals surface area contributed by atoms with E-state index in [1.807, 2.05) is 24.3 Å². The molecule has 0 aliphatic carbocycles. The molecule has 3 aromatic rings. The zero-order chi connectivity index (χ0) is 19.9. The molecule has 0 aliphatic rings. The van der Waals surface area contributed by atoms with Crippen molar-refractivity contribution >= 4 is 29.1 Å². The first-order chi connectivity index (χ1) is 13.6. The summed E-state index contributed by atoms with van der Waals surface area (Å²) in [6.45, 7) is 2.07. The van der Waals surface area contributed by atoms with Gasteiger partial charge in [-0.1, -0.05) is 31.2 Å². The van der Waals surface area contributed by atoms with Crippen LogP contribution in [0.3, 0.4) is 0 Å². The molecule has 0 spiro atoms. The van der Waals surface area contributed by atoms with Crippen LogP contribution in [0.4, 0.5) is 17.2 Å². The number of aromatic nitrogens is 2. The first-order valence-electron chi connectivity index (χ1n) is 8.77. The number of aryl methyl sites for hydroxylation is 1. The maximum absolute atomic E-state index is 12.5. The lowest BCUT2D eigenvalue weighted by Crippen LogP contribution is -2.14. The van der Waals surface area contributed by atoms with Gasteiger partial charge < -0.3 is 15.4 Å². The number of ether oxygens (including phenoxy) is 1. The van der Waals surface area contributed by atoms with Crippen molar-refractivity contribution in [2.45, 2.75) is 13.3 Å². The SMILES string of the molecule is CCc1ccc(NC(=O)c2cc(Nc3ccccc3C(=O)OC)ncn2)cc1. The predicted octanol–water partition coefficient (Wildman–Crippen LogP) is 3.82. The predicted molar refractivity (Wildman–Crippen MR) is 107 cm³/mol. The van der Waals surface area contributed by atoms with Gasteiger partial charge in [0.25, 0.3) is 5.91 Å². The average Bonchev–Trinajstić information content (AvgIpc) is 2.74. The molecule has 0 aliphatic heterocycles. The Bertz CT molecular complexity index is 987. The van der Waals surface area contributed by atoms with Gasteiger partial charge in [0.05, 0.1) is 18.4 Å². The summed E-state index contributed by atoms with van der Waals surface area (Å²) in [5, 5.41) is 5.84. The molecule has 1 aromatic heterocycles. The summed E-state index contributed by atoms with van der Waals surface area (Å²) >= 11 is 0. The number of nitrogens with zero attached hydrogens (tertiary/aromatic N) is 2. The van der Waals surface area contributed by atoms with Gasteiger partial charge in [0.1, 0.15) is 17.8 Å². The van der Waals surface area contributed by atoms with Crippen LogP contribution in [0.15, 0.2) is 60.9 Å². The second-order valence-corrected chi connectivity index (χ2v) is 5.96. The zero-order valence-corrected chi connectivity index (χ0v) is 15.6.